The van der Waals surface area contributed by atoms with Gasteiger partial charge >= 0.3 is 5.97 Å². The van der Waals surface area contributed by atoms with Crippen LogP contribution in [-0.4, -0.2) is 29.4 Å². The maximum atomic E-state index is 13.8. The lowest BCUT2D eigenvalue weighted by Gasteiger charge is -2.27. The first-order valence-electron chi connectivity index (χ1n) is 11.2. The van der Waals surface area contributed by atoms with Gasteiger partial charge in [-0.25, -0.2) is 9.79 Å². The zero-order valence-electron chi connectivity index (χ0n) is 19.6. The number of nitrogens with zero attached hydrogens (tertiary/aromatic N) is 2. The number of aromatic hydroxyl groups is 1. The number of carbonyl (C=O) groups excluding carboxylic acids is 1. The normalized spacial score (nSPS) is 15.5. The molecule has 0 bridgehead atoms. The maximum absolute atomic E-state index is 13.8. The van der Waals surface area contributed by atoms with Gasteiger partial charge in [0.15, 0.2) is 4.80 Å². The van der Waals surface area contributed by atoms with Crippen molar-refractivity contribution in [1.82, 2.24) is 4.57 Å². The van der Waals surface area contributed by atoms with Gasteiger partial charge in [0.1, 0.15) is 17.5 Å². The number of hydrogen-bond donors (Lipinski definition) is 1. The Kier molecular flexibility index (Phi) is 7.57. The van der Waals surface area contributed by atoms with Crippen LogP contribution in [0.2, 0.25) is 0 Å². The van der Waals surface area contributed by atoms with E-state index in [1.807, 2.05) is 19.1 Å². The van der Waals surface area contributed by atoms with E-state index in [1.54, 1.807) is 50.4 Å². The second-order valence-electron chi connectivity index (χ2n) is 7.89. The Bertz CT molecular complexity index is 1490. The molecule has 0 amide bonds. The third kappa shape index (κ3) is 4.97. The number of hydrogen-bond acceptors (Lipinski definition) is 7. The second-order valence-corrected chi connectivity index (χ2v) is 9.82. The number of ether oxygens (including phenoxy) is 2. The summed E-state index contributed by atoms with van der Waals surface area (Å²) in [6.07, 6.45) is 3.03. The Hall–Kier alpha value is -3.17. The highest BCUT2D eigenvalue weighted by molar-refractivity contribution is 9.10. The van der Waals surface area contributed by atoms with Crippen molar-refractivity contribution in [2.24, 2.45) is 4.99 Å². The van der Waals surface area contributed by atoms with E-state index < -0.39 is 12.0 Å². The van der Waals surface area contributed by atoms with E-state index in [4.69, 9.17) is 14.5 Å². The number of carbonyl (C=O) groups is 1. The minimum Gasteiger partial charge on any atom is -0.508 e. The largest absolute Gasteiger partial charge is 0.508 e. The molecule has 1 aliphatic heterocycles. The summed E-state index contributed by atoms with van der Waals surface area (Å²) in [6, 6.07) is 11.4. The summed E-state index contributed by atoms with van der Waals surface area (Å²) in [5.41, 5.74) is 1.98. The molecule has 4 rings (SSSR count). The summed E-state index contributed by atoms with van der Waals surface area (Å²) in [5.74, 6) is 0.146. The predicted octanol–water partition coefficient (Wildman–Crippen LogP) is 4.06. The number of allylic oxidation sites excluding steroid dienone is 1. The Morgan fingerprint density at radius 2 is 2.06 bits per heavy atom. The summed E-state index contributed by atoms with van der Waals surface area (Å²) in [7, 11) is 1.55. The zero-order valence-corrected chi connectivity index (χ0v) is 22.0. The summed E-state index contributed by atoms with van der Waals surface area (Å²) in [4.78, 5) is 32.3. The van der Waals surface area contributed by atoms with Gasteiger partial charge in [0.2, 0.25) is 0 Å². The SMILES string of the molecule is CCCC1=C(C(=O)OCC)[C@H](c2cc(Br)ccc2OC)n2c(s/c(=C/c3cccc(O)c3)c2=O)=N1. The van der Waals surface area contributed by atoms with Gasteiger partial charge in [-0.2, -0.15) is 0 Å². The lowest BCUT2D eigenvalue weighted by Crippen LogP contribution is -2.40. The molecule has 0 saturated carbocycles. The molecule has 35 heavy (non-hydrogen) atoms. The molecule has 0 unspecified atom stereocenters. The molecule has 1 aliphatic rings. The first-order valence-corrected chi connectivity index (χ1v) is 12.8. The summed E-state index contributed by atoms with van der Waals surface area (Å²) < 4.78 is 13.8. The van der Waals surface area contributed by atoms with Gasteiger partial charge in [-0.1, -0.05) is 52.7 Å². The van der Waals surface area contributed by atoms with Crippen LogP contribution >= 0.6 is 27.3 Å². The van der Waals surface area contributed by atoms with E-state index in [0.29, 0.717) is 43.9 Å². The van der Waals surface area contributed by atoms with Gasteiger partial charge < -0.3 is 14.6 Å². The minimum atomic E-state index is -0.773. The van der Waals surface area contributed by atoms with Crippen molar-refractivity contribution < 1.29 is 19.4 Å². The summed E-state index contributed by atoms with van der Waals surface area (Å²) in [6.45, 7) is 3.96. The number of aromatic nitrogens is 1. The molecule has 1 aromatic heterocycles. The summed E-state index contributed by atoms with van der Waals surface area (Å²) in [5, 5.41) is 9.84. The Labute approximate surface area is 214 Å². The lowest BCUT2D eigenvalue weighted by molar-refractivity contribution is -0.139. The van der Waals surface area contributed by atoms with Crippen molar-refractivity contribution in [3.05, 3.63) is 89.0 Å². The third-order valence-electron chi connectivity index (χ3n) is 5.55. The molecule has 3 aromatic rings. The fourth-order valence-corrected chi connectivity index (χ4v) is 5.50. The van der Waals surface area contributed by atoms with Crippen LogP contribution in [0.4, 0.5) is 0 Å². The van der Waals surface area contributed by atoms with Gasteiger partial charge in [-0.15, -0.1) is 0 Å². The van der Waals surface area contributed by atoms with Crippen LogP contribution in [0.25, 0.3) is 6.08 Å². The summed E-state index contributed by atoms with van der Waals surface area (Å²) >= 11 is 4.76. The molecule has 7 nitrogen and oxygen atoms in total. The van der Waals surface area contributed by atoms with Crippen molar-refractivity contribution in [1.29, 1.82) is 0 Å². The van der Waals surface area contributed by atoms with Crippen LogP contribution in [0.15, 0.2) is 68.0 Å². The second kappa shape index (κ2) is 10.6. The number of phenols is 1. The van der Waals surface area contributed by atoms with E-state index in [-0.39, 0.29) is 17.9 Å². The number of methoxy groups -OCH3 is 1. The Morgan fingerprint density at radius 3 is 2.74 bits per heavy atom. The number of esters is 1. The van der Waals surface area contributed by atoms with Crippen molar-refractivity contribution in [2.45, 2.75) is 32.7 Å². The molecular formula is C26H25BrN2O5S. The average molecular weight is 557 g/mol. The van der Waals surface area contributed by atoms with Gasteiger partial charge in [0, 0.05) is 10.0 Å². The molecule has 0 radical (unpaired) electrons. The maximum Gasteiger partial charge on any atom is 0.338 e. The van der Waals surface area contributed by atoms with Crippen LogP contribution in [0.3, 0.4) is 0 Å². The van der Waals surface area contributed by atoms with E-state index >= 15 is 0 Å². The number of rotatable bonds is 7. The number of halogens is 1. The van der Waals surface area contributed by atoms with E-state index in [2.05, 4.69) is 15.9 Å². The molecule has 182 valence electrons. The number of fused-ring (bicyclic) bond motifs is 1. The van der Waals surface area contributed by atoms with Crippen LogP contribution in [-0.2, 0) is 9.53 Å². The highest BCUT2D eigenvalue weighted by atomic mass is 79.9. The smallest absolute Gasteiger partial charge is 0.338 e. The molecule has 9 heteroatoms. The standard InChI is InChI=1S/C26H25BrN2O5S/c1-4-7-19-22(25(32)34-5-2)23(18-14-16(27)10-11-20(18)33-3)29-24(31)21(35-26(29)28-19)13-15-8-6-9-17(30)12-15/h6,8-14,23,30H,4-5,7H2,1-3H3/b21-13+/t23-/m0/s1. The first-order chi connectivity index (χ1) is 16.9. The highest BCUT2D eigenvalue weighted by Gasteiger charge is 2.36. The Morgan fingerprint density at radius 1 is 1.26 bits per heavy atom. The van der Waals surface area contributed by atoms with Gasteiger partial charge in [0.05, 0.1) is 29.5 Å². The number of benzene rings is 2. The Balaban J connectivity index is 2.06. The number of thiazole rings is 1. The van der Waals surface area contributed by atoms with Crippen LogP contribution < -0.4 is 19.6 Å². The zero-order chi connectivity index (χ0) is 25.1. The molecule has 2 aromatic carbocycles. The predicted molar refractivity (Wildman–Crippen MR) is 138 cm³/mol. The van der Waals surface area contributed by atoms with E-state index in [0.717, 1.165) is 10.9 Å². The third-order valence-corrected chi connectivity index (χ3v) is 7.02. The molecule has 2 heterocycles. The molecule has 0 aliphatic carbocycles. The fourth-order valence-electron chi connectivity index (χ4n) is 4.10. The quantitative estimate of drug-likeness (QED) is 0.443. The molecular weight excluding hydrogens is 532 g/mol. The van der Waals surface area contributed by atoms with Gasteiger partial charge in [0.25, 0.3) is 5.56 Å². The van der Waals surface area contributed by atoms with Crippen molar-refractivity contribution in [2.75, 3.05) is 13.7 Å². The molecule has 0 saturated heterocycles. The number of phenolic OH excluding ortho intramolecular Hbond substituents is 1. The first kappa shape index (κ1) is 24.9. The molecule has 1 N–H and O–H groups in total. The highest BCUT2D eigenvalue weighted by Crippen LogP contribution is 2.38. The molecule has 0 spiro atoms. The van der Waals surface area contributed by atoms with Crippen LogP contribution in [0.5, 0.6) is 11.5 Å². The van der Waals surface area contributed by atoms with E-state index in [1.165, 1.54) is 15.9 Å². The lowest BCUT2D eigenvalue weighted by atomic mass is 9.93. The fraction of sp³-hybridized carbons (Fsp3) is 0.269. The van der Waals surface area contributed by atoms with Crippen LogP contribution in [0, 0.1) is 0 Å². The van der Waals surface area contributed by atoms with Crippen molar-refractivity contribution in [3.8, 4) is 11.5 Å². The van der Waals surface area contributed by atoms with Crippen molar-refractivity contribution >= 4 is 39.3 Å². The van der Waals surface area contributed by atoms with Gasteiger partial charge in [-0.05, 0) is 55.3 Å². The topological polar surface area (TPSA) is 90.1 Å². The van der Waals surface area contributed by atoms with E-state index in [9.17, 15) is 14.7 Å². The molecule has 1 atom stereocenters. The molecule has 0 fully saturated rings. The van der Waals surface area contributed by atoms with Crippen molar-refractivity contribution in [3.63, 3.8) is 0 Å². The van der Waals surface area contributed by atoms with Crippen LogP contribution in [0.1, 0.15) is 43.9 Å². The van der Waals surface area contributed by atoms with Gasteiger partial charge in [-0.3, -0.25) is 9.36 Å². The average Bonchev–Trinajstić information content (AvgIpc) is 3.13. The monoisotopic (exact) mass is 556 g/mol. The minimum absolute atomic E-state index is 0.109.